The van der Waals surface area contributed by atoms with Crippen LogP contribution < -0.4 is 5.32 Å². The molecule has 0 atom stereocenters. The Morgan fingerprint density at radius 2 is 2.00 bits per heavy atom. The van der Waals surface area contributed by atoms with E-state index in [0.29, 0.717) is 11.5 Å². The summed E-state index contributed by atoms with van der Waals surface area (Å²) in [6.45, 7) is 9.07. The summed E-state index contributed by atoms with van der Waals surface area (Å²) in [5, 5.41) is 3.13. The lowest BCUT2D eigenvalue weighted by molar-refractivity contribution is 0.0613. The molecule has 1 aromatic heterocycles. The zero-order chi connectivity index (χ0) is 14.5. The first kappa shape index (κ1) is 15.4. The van der Waals surface area contributed by atoms with Gasteiger partial charge in [-0.05, 0) is 26.7 Å². The predicted octanol–water partition coefficient (Wildman–Crippen LogP) is 2.56. The van der Waals surface area contributed by atoms with Crippen molar-refractivity contribution in [1.82, 2.24) is 14.9 Å². The fraction of sp³-hybridized carbons (Fsp3) is 0.643. The molecule has 0 unspecified atom stereocenters. The maximum Gasteiger partial charge on any atom is 0.274 e. The van der Waals surface area contributed by atoms with Crippen molar-refractivity contribution in [2.75, 3.05) is 18.9 Å². The Balaban J connectivity index is 2.78. The molecule has 0 spiro atoms. The molecule has 0 aromatic carbocycles. The van der Waals surface area contributed by atoms with Crippen LogP contribution in [0.25, 0.3) is 0 Å². The molecule has 1 aromatic rings. The minimum absolute atomic E-state index is 0.0959. The van der Waals surface area contributed by atoms with Crippen LogP contribution in [-0.2, 0) is 0 Å². The second-order valence-corrected chi connectivity index (χ2v) is 5.24. The standard InChI is InChI=1S/C14H24N4O/c1-6-8-15-12-10-16-11(9-17-12)13(19)18(5)14(3,4)7-2/h9-10H,6-8H2,1-5H3,(H,15,17). The first-order chi connectivity index (χ1) is 8.92. The van der Waals surface area contributed by atoms with Crippen LogP contribution in [0.3, 0.4) is 0 Å². The highest BCUT2D eigenvalue weighted by Crippen LogP contribution is 2.18. The molecule has 1 rings (SSSR count). The molecule has 0 aliphatic carbocycles. The number of hydrogen-bond donors (Lipinski definition) is 1. The minimum Gasteiger partial charge on any atom is -0.369 e. The Hall–Kier alpha value is -1.65. The summed E-state index contributed by atoms with van der Waals surface area (Å²) in [7, 11) is 1.80. The molecule has 1 heterocycles. The van der Waals surface area contributed by atoms with Crippen LogP contribution >= 0.6 is 0 Å². The molecule has 5 heteroatoms. The van der Waals surface area contributed by atoms with Crippen LogP contribution in [0.4, 0.5) is 5.82 Å². The number of anilines is 1. The van der Waals surface area contributed by atoms with E-state index < -0.39 is 0 Å². The van der Waals surface area contributed by atoms with Gasteiger partial charge < -0.3 is 10.2 Å². The van der Waals surface area contributed by atoms with E-state index in [1.54, 1.807) is 18.1 Å². The molecular formula is C14H24N4O. The molecule has 1 amide bonds. The van der Waals surface area contributed by atoms with Gasteiger partial charge in [-0.2, -0.15) is 0 Å². The first-order valence-electron chi connectivity index (χ1n) is 6.76. The lowest BCUT2D eigenvalue weighted by Gasteiger charge is -2.34. The molecule has 0 saturated heterocycles. The third-order valence-electron chi connectivity index (χ3n) is 3.50. The van der Waals surface area contributed by atoms with E-state index in [9.17, 15) is 4.79 Å². The van der Waals surface area contributed by atoms with E-state index in [1.807, 2.05) is 13.8 Å². The van der Waals surface area contributed by atoms with E-state index in [-0.39, 0.29) is 11.4 Å². The normalized spacial score (nSPS) is 11.2. The van der Waals surface area contributed by atoms with Crippen molar-refractivity contribution in [2.24, 2.45) is 0 Å². The highest BCUT2D eigenvalue weighted by molar-refractivity contribution is 5.92. The fourth-order valence-corrected chi connectivity index (χ4v) is 1.47. The summed E-state index contributed by atoms with van der Waals surface area (Å²) in [6, 6.07) is 0. The van der Waals surface area contributed by atoms with Crippen molar-refractivity contribution in [3.8, 4) is 0 Å². The maximum absolute atomic E-state index is 12.3. The van der Waals surface area contributed by atoms with E-state index in [2.05, 4.69) is 29.1 Å². The van der Waals surface area contributed by atoms with Crippen molar-refractivity contribution >= 4 is 11.7 Å². The lowest BCUT2D eigenvalue weighted by Crippen LogP contribution is -2.44. The van der Waals surface area contributed by atoms with Gasteiger partial charge in [0.25, 0.3) is 5.91 Å². The zero-order valence-corrected chi connectivity index (χ0v) is 12.5. The van der Waals surface area contributed by atoms with Crippen molar-refractivity contribution in [1.29, 1.82) is 0 Å². The summed E-state index contributed by atoms with van der Waals surface area (Å²) in [5.74, 6) is 0.609. The number of nitrogens with one attached hydrogen (secondary N) is 1. The largest absolute Gasteiger partial charge is 0.369 e. The number of rotatable bonds is 6. The highest BCUT2D eigenvalue weighted by atomic mass is 16.2. The van der Waals surface area contributed by atoms with Gasteiger partial charge in [-0.3, -0.25) is 4.79 Å². The zero-order valence-electron chi connectivity index (χ0n) is 12.5. The molecular weight excluding hydrogens is 240 g/mol. The fourth-order valence-electron chi connectivity index (χ4n) is 1.47. The first-order valence-corrected chi connectivity index (χ1v) is 6.76. The van der Waals surface area contributed by atoms with Gasteiger partial charge >= 0.3 is 0 Å². The molecule has 0 fully saturated rings. The van der Waals surface area contributed by atoms with Crippen LogP contribution in [0.1, 0.15) is 51.0 Å². The predicted molar refractivity (Wildman–Crippen MR) is 77.3 cm³/mol. The van der Waals surface area contributed by atoms with E-state index in [0.717, 1.165) is 19.4 Å². The quantitative estimate of drug-likeness (QED) is 0.858. The number of nitrogens with zero attached hydrogens (tertiary/aromatic N) is 3. The Bertz CT molecular complexity index is 414. The molecule has 0 aliphatic heterocycles. The van der Waals surface area contributed by atoms with Crippen molar-refractivity contribution in [2.45, 2.75) is 46.1 Å². The second-order valence-electron chi connectivity index (χ2n) is 5.24. The average Bonchev–Trinajstić information content (AvgIpc) is 2.44. The molecule has 5 nitrogen and oxygen atoms in total. The van der Waals surface area contributed by atoms with Crippen LogP contribution in [0, 0.1) is 0 Å². The summed E-state index contributed by atoms with van der Waals surface area (Å²) in [5.41, 5.74) is 0.198. The average molecular weight is 264 g/mol. The molecule has 0 radical (unpaired) electrons. The van der Waals surface area contributed by atoms with E-state index >= 15 is 0 Å². The van der Waals surface area contributed by atoms with E-state index in [4.69, 9.17) is 0 Å². The summed E-state index contributed by atoms with van der Waals surface area (Å²) < 4.78 is 0. The Morgan fingerprint density at radius 3 is 2.47 bits per heavy atom. The number of hydrogen-bond acceptors (Lipinski definition) is 4. The van der Waals surface area contributed by atoms with Crippen molar-refractivity contribution < 1.29 is 4.79 Å². The minimum atomic E-state index is -0.183. The van der Waals surface area contributed by atoms with Crippen LogP contribution in [0.5, 0.6) is 0 Å². The van der Waals surface area contributed by atoms with Gasteiger partial charge in [0.2, 0.25) is 0 Å². The van der Waals surface area contributed by atoms with Crippen molar-refractivity contribution in [3.05, 3.63) is 18.1 Å². The summed E-state index contributed by atoms with van der Waals surface area (Å²) in [6.07, 6.45) is 5.05. The Morgan fingerprint density at radius 1 is 1.32 bits per heavy atom. The molecule has 0 aliphatic rings. The lowest BCUT2D eigenvalue weighted by atomic mass is 10.00. The van der Waals surface area contributed by atoms with Gasteiger partial charge in [0.1, 0.15) is 11.5 Å². The maximum atomic E-state index is 12.3. The van der Waals surface area contributed by atoms with Gasteiger partial charge in [0.05, 0.1) is 12.4 Å². The van der Waals surface area contributed by atoms with Crippen LogP contribution in [0.15, 0.2) is 12.4 Å². The number of carbonyl (C=O) groups excluding carboxylic acids is 1. The number of amides is 1. The van der Waals surface area contributed by atoms with Gasteiger partial charge in [0.15, 0.2) is 0 Å². The molecule has 106 valence electrons. The van der Waals surface area contributed by atoms with Gasteiger partial charge in [-0.1, -0.05) is 13.8 Å². The third-order valence-corrected chi connectivity index (χ3v) is 3.50. The molecule has 19 heavy (non-hydrogen) atoms. The second kappa shape index (κ2) is 6.50. The summed E-state index contributed by atoms with van der Waals surface area (Å²) >= 11 is 0. The molecule has 0 saturated carbocycles. The topological polar surface area (TPSA) is 58.1 Å². The van der Waals surface area contributed by atoms with E-state index in [1.165, 1.54) is 6.20 Å². The van der Waals surface area contributed by atoms with Gasteiger partial charge in [-0.25, -0.2) is 9.97 Å². The van der Waals surface area contributed by atoms with Crippen molar-refractivity contribution in [3.63, 3.8) is 0 Å². The van der Waals surface area contributed by atoms with Crippen LogP contribution in [0.2, 0.25) is 0 Å². The molecule has 1 N–H and O–H groups in total. The smallest absolute Gasteiger partial charge is 0.274 e. The van der Waals surface area contributed by atoms with Crippen LogP contribution in [-0.4, -0.2) is 39.9 Å². The molecule has 0 bridgehead atoms. The SMILES string of the molecule is CCCNc1cnc(C(=O)N(C)C(C)(C)CC)cn1. The Kier molecular flexibility index (Phi) is 5.27. The summed E-state index contributed by atoms with van der Waals surface area (Å²) in [4.78, 5) is 22.4. The monoisotopic (exact) mass is 264 g/mol. The van der Waals surface area contributed by atoms with Gasteiger partial charge in [0, 0.05) is 19.1 Å². The Labute approximate surface area is 115 Å². The van der Waals surface area contributed by atoms with Gasteiger partial charge in [-0.15, -0.1) is 0 Å². The third kappa shape index (κ3) is 3.91. The highest BCUT2D eigenvalue weighted by Gasteiger charge is 2.27. The number of carbonyl (C=O) groups is 1. The number of aromatic nitrogens is 2.